The van der Waals surface area contributed by atoms with Crippen molar-refractivity contribution in [3.63, 3.8) is 0 Å². The number of ether oxygens (including phenoxy) is 5. The van der Waals surface area contributed by atoms with Gasteiger partial charge in [0.1, 0.15) is 11.7 Å². The third-order valence-corrected chi connectivity index (χ3v) is 4.66. The Hall–Kier alpha value is -2.74. The summed E-state index contributed by atoms with van der Waals surface area (Å²) in [6, 6.07) is 16.7. The Morgan fingerprint density at radius 1 is 0.906 bits per heavy atom. The molecule has 0 saturated heterocycles. The monoisotopic (exact) mass is 444 g/mol. The SMILES string of the molecule is CCOC(=O)C(CCCOCc1ccccc1)C(=O)c1ccccc1OCOCCOC. The van der Waals surface area contributed by atoms with Crippen LogP contribution < -0.4 is 4.74 Å². The van der Waals surface area contributed by atoms with Crippen molar-refractivity contribution in [3.8, 4) is 5.75 Å². The second kappa shape index (κ2) is 15.1. The molecule has 2 aromatic carbocycles. The van der Waals surface area contributed by atoms with E-state index in [2.05, 4.69) is 0 Å². The summed E-state index contributed by atoms with van der Waals surface area (Å²) in [5.41, 5.74) is 1.40. The van der Waals surface area contributed by atoms with Crippen LogP contribution >= 0.6 is 0 Å². The van der Waals surface area contributed by atoms with Crippen LogP contribution in [0.5, 0.6) is 5.75 Å². The lowest BCUT2D eigenvalue weighted by molar-refractivity contribution is -0.146. The van der Waals surface area contributed by atoms with Crippen molar-refractivity contribution in [2.75, 3.05) is 40.3 Å². The first-order chi connectivity index (χ1) is 15.7. The quantitative estimate of drug-likeness (QED) is 0.127. The molecular weight excluding hydrogens is 412 g/mol. The zero-order valence-corrected chi connectivity index (χ0v) is 18.8. The number of esters is 1. The molecule has 0 aliphatic heterocycles. The van der Waals surface area contributed by atoms with Crippen LogP contribution in [0.4, 0.5) is 0 Å². The maximum absolute atomic E-state index is 13.2. The first kappa shape index (κ1) is 25.5. The molecule has 0 aliphatic carbocycles. The number of hydrogen-bond donors (Lipinski definition) is 0. The van der Waals surface area contributed by atoms with E-state index in [0.717, 1.165) is 5.56 Å². The van der Waals surface area contributed by atoms with Gasteiger partial charge >= 0.3 is 5.97 Å². The normalized spacial score (nSPS) is 11.7. The highest BCUT2D eigenvalue weighted by Crippen LogP contribution is 2.24. The third-order valence-electron chi connectivity index (χ3n) is 4.66. The molecule has 1 atom stereocenters. The fourth-order valence-corrected chi connectivity index (χ4v) is 3.04. The van der Waals surface area contributed by atoms with Gasteiger partial charge in [-0.3, -0.25) is 9.59 Å². The van der Waals surface area contributed by atoms with Crippen molar-refractivity contribution in [2.45, 2.75) is 26.4 Å². The molecule has 7 heteroatoms. The Bertz CT molecular complexity index is 807. The molecule has 174 valence electrons. The topological polar surface area (TPSA) is 80.3 Å². The van der Waals surface area contributed by atoms with Gasteiger partial charge in [-0.25, -0.2) is 0 Å². The fraction of sp³-hybridized carbons (Fsp3) is 0.440. The summed E-state index contributed by atoms with van der Waals surface area (Å²) in [5, 5.41) is 0. The molecule has 0 aromatic heterocycles. The van der Waals surface area contributed by atoms with E-state index in [1.165, 1.54) is 0 Å². The largest absolute Gasteiger partial charge is 0.467 e. The van der Waals surface area contributed by atoms with Crippen molar-refractivity contribution in [3.05, 3.63) is 65.7 Å². The maximum atomic E-state index is 13.2. The standard InChI is InChI=1S/C25H32O7/c1-3-31-25(27)22(13-9-15-29-18-20-10-5-4-6-11-20)24(26)21-12-7-8-14-23(21)32-19-30-17-16-28-2/h4-8,10-12,14,22H,3,9,13,15-19H2,1-2H3. The summed E-state index contributed by atoms with van der Waals surface area (Å²) in [5.74, 6) is -1.43. The van der Waals surface area contributed by atoms with Gasteiger partial charge in [0.05, 0.1) is 32.0 Å². The number of carbonyl (C=O) groups is 2. The van der Waals surface area contributed by atoms with Gasteiger partial charge in [0.25, 0.3) is 0 Å². The Balaban J connectivity index is 1.95. The van der Waals surface area contributed by atoms with E-state index in [0.29, 0.717) is 50.6 Å². The number of Topliss-reactive ketones (excluding diaryl/α,β-unsaturated/α-hetero) is 1. The molecule has 1 unspecified atom stereocenters. The molecule has 0 bridgehead atoms. The smallest absolute Gasteiger partial charge is 0.316 e. The van der Waals surface area contributed by atoms with Gasteiger partial charge in [-0.1, -0.05) is 42.5 Å². The van der Waals surface area contributed by atoms with E-state index in [-0.39, 0.29) is 19.2 Å². The molecule has 0 spiro atoms. The first-order valence-corrected chi connectivity index (χ1v) is 10.8. The van der Waals surface area contributed by atoms with Crippen LogP contribution in [0.2, 0.25) is 0 Å². The molecule has 0 fully saturated rings. The highest BCUT2D eigenvalue weighted by atomic mass is 16.7. The zero-order valence-electron chi connectivity index (χ0n) is 18.8. The van der Waals surface area contributed by atoms with Crippen LogP contribution in [-0.4, -0.2) is 52.1 Å². The number of methoxy groups -OCH3 is 1. The van der Waals surface area contributed by atoms with E-state index < -0.39 is 11.9 Å². The second-order valence-corrected chi connectivity index (χ2v) is 7.01. The minimum absolute atomic E-state index is 0.0228. The molecule has 0 amide bonds. The van der Waals surface area contributed by atoms with Crippen LogP contribution in [0.1, 0.15) is 35.7 Å². The van der Waals surface area contributed by atoms with E-state index in [4.69, 9.17) is 23.7 Å². The lowest BCUT2D eigenvalue weighted by Gasteiger charge is -2.17. The molecule has 0 saturated carbocycles. The maximum Gasteiger partial charge on any atom is 0.316 e. The van der Waals surface area contributed by atoms with Crippen LogP contribution in [-0.2, 0) is 30.3 Å². The summed E-state index contributed by atoms with van der Waals surface area (Å²) in [6.45, 7) is 3.64. The van der Waals surface area contributed by atoms with Crippen LogP contribution in [0.15, 0.2) is 54.6 Å². The van der Waals surface area contributed by atoms with Gasteiger partial charge in [-0.2, -0.15) is 0 Å². The van der Waals surface area contributed by atoms with Gasteiger partial charge in [0.15, 0.2) is 12.6 Å². The van der Waals surface area contributed by atoms with Gasteiger partial charge in [-0.05, 0) is 37.5 Å². The molecular formula is C25H32O7. The van der Waals surface area contributed by atoms with Gasteiger partial charge in [0, 0.05) is 13.7 Å². The molecule has 0 heterocycles. The molecule has 7 nitrogen and oxygen atoms in total. The fourth-order valence-electron chi connectivity index (χ4n) is 3.04. The molecule has 0 aliphatic rings. The van der Waals surface area contributed by atoms with E-state index in [1.54, 1.807) is 38.3 Å². The van der Waals surface area contributed by atoms with Crippen molar-refractivity contribution in [2.24, 2.45) is 5.92 Å². The number of rotatable bonds is 16. The average Bonchev–Trinajstić information content (AvgIpc) is 2.82. The Kier molecular flexibility index (Phi) is 12.1. The minimum atomic E-state index is -0.922. The Morgan fingerprint density at radius 2 is 1.66 bits per heavy atom. The van der Waals surface area contributed by atoms with Crippen molar-refractivity contribution in [1.29, 1.82) is 0 Å². The average molecular weight is 445 g/mol. The predicted molar refractivity (Wildman–Crippen MR) is 120 cm³/mol. The molecule has 2 aromatic rings. The number of hydrogen-bond acceptors (Lipinski definition) is 7. The van der Waals surface area contributed by atoms with E-state index in [1.807, 2.05) is 30.3 Å². The van der Waals surface area contributed by atoms with Gasteiger partial charge in [0.2, 0.25) is 0 Å². The summed E-state index contributed by atoms with van der Waals surface area (Å²) >= 11 is 0. The van der Waals surface area contributed by atoms with E-state index >= 15 is 0 Å². The van der Waals surface area contributed by atoms with Crippen molar-refractivity contribution in [1.82, 2.24) is 0 Å². The lowest BCUT2D eigenvalue weighted by atomic mass is 9.93. The highest BCUT2D eigenvalue weighted by molar-refractivity contribution is 6.10. The summed E-state index contributed by atoms with van der Waals surface area (Å²) in [7, 11) is 1.58. The summed E-state index contributed by atoms with van der Waals surface area (Å²) in [6.07, 6.45) is 0.871. The summed E-state index contributed by atoms with van der Waals surface area (Å²) < 4.78 is 26.7. The molecule has 32 heavy (non-hydrogen) atoms. The highest BCUT2D eigenvalue weighted by Gasteiger charge is 2.30. The predicted octanol–water partition coefficient (Wildman–Crippen LogP) is 4.04. The number of carbonyl (C=O) groups excluding carboxylic acids is 2. The minimum Gasteiger partial charge on any atom is -0.467 e. The molecule has 0 radical (unpaired) electrons. The van der Waals surface area contributed by atoms with Gasteiger partial charge in [-0.15, -0.1) is 0 Å². The van der Waals surface area contributed by atoms with Crippen molar-refractivity contribution >= 4 is 11.8 Å². The lowest BCUT2D eigenvalue weighted by Crippen LogP contribution is -2.27. The third kappa shape index (κ3) is 8.78. The Morgan fingerprint density at radius 3 is 2.41 bits per heavy atom. The molecule has 2 rings (SSSR count). The Labute approximate surface area is 189 Å². The van der Waals surface area contributed by atoms with Crippen molar-refractivity contribution < 1.29 is 33.3 Å². The van der Waals surface area contributed by atoms with E-state index in [9.17, 15) is 9.59 Å². The first-order valence-electron chi connectivity index (χ1n) is 10.8. The van der Waals surface area contributed by atoms with Crippen LogP contribution in [0.25, 0.3) is 0 Å². The number of para-hydroxylation sites is 1. The zero-order chi connectivity index (χ0) is 23.0. The summed E-state index contributed by atoms with van der Waals surface area (Å²) in [4.78, 5) is 25.7. The number of ketones is 1. The van der Waals surface area contributed by atoms with Crippen LogP contribution in [0, 0.1) is 5.92 Å². The molecule has 0 N–H and O–H groups in total. The second-order valence-electron chi connectivity index (χ2n) is 7.01. The van der Waals surface area contributed by atoms with Crippen LogP contribution in [0.3, 0.4) is 0 Å². The van der Waals surface area contributed by atoms with Gasteiger partial charge < -0.3 is 23.7 Å². The number of benzene rings is 2.